The fraction of sp³-hybridized carbons (Fsp3) is 0.474. The van der Waals surface area contributed by atoms with Crippen LogP contribution in [0.4, 0.5) is 30.7 Å². The fourth-order valence-electron chi connectivity index (χ4n) is 4.41. The minimum Gasteiger partial charge on any atom is -0.382 e. The number of fused-ring (bicyclic) bond motifs is 2. The molecule has 0 spiro atoms. The summed E-state index contributed by atoms with van der Waals surface area (Å²) in [6.45, 7) is 0. The number of alkyl halides is 5. The number of aliphatic hydroxyl groups is 1. The Labute approximate surface area is 155 Å². The summed E-state index contributed by atoms with van der Waals surface area (Å²) < 4.78 is 97.6. The van der Waals surface area contributed by atoms with E-state index in [0.717, 1.165) is 10.6 Å². The van der Waals surface area contributed by atoms with Crippen LogP contribution in [0.25, 0.3) is 0 Å². The number of aliphatic hydroxyl groups excluding tert-OH is 1. The third kappa shape index (κ3) is 2.91. The van der Waals surface area contributed by atoms with Crippen molar-refractivity contribution in [3.05, 3.63) is 57.9 Å². The van der Waals surface area contributed by atoms with Gasteiger partial charge in [-0.05, 0) is 37.3 Å². The summed E-state index contributed by atoms with van der Waals surface area (Å²) in [5.41, 5.74) is -1.84. The van der Waals surface area contributed by atoms with Crippen molar-refractivity contribution < 1.29 is 35.8 Å². The van der Waals surface area contributed by atoms with Crippen LogP contribution in [-0.2, 0) is 19.0 Å². The molecule has 2 aliphatic carbocycles. The fourth-order valence-corrected chi connectivity index (χ4v) is 4.41. The highest BCUT2D eigenvalue weighted by Gasteiger charge is 2.50. The molecule has 2 aromatic rings. The Bertz CT molecular complexity index is 931. The first-order valence-electron chi connectivity index (χ1n) is 8.85. The average Bonchev–Trinajstić information content (AvgIpc) is 2.97. The van der Waals surface area contributed by atoms with Crippen molar-refractivity contribution in [2.45, 2.75) is 56.3 Å². The summed E-state index contributed by atoms with van der Waals surface area (Å²) in [5, 5.41) is 9.94. The normalized spacial score (nSPS) is 24.0. The molecule has 9 heteroatoms. The molecule has 0 bridgehead atoms. The Morgan fingerprint density at radius 3 is 2.46 bits per heavy atom. The van der Waals surface area contributed by atoms with Crippen molar-refractivity contribution in [3.63, 3.8) is 0 Å². The van der Waals surface area contributed by atoms with Gasteiger partial charge in [-0.1, -0.05) is 0 Å². The van der Waals surface area contributed by atoms with Crippen LogP contribution in [0.3, 0.4) is 0 Å². The van der Waals surface area contributed by atoms with Crippen LogP contribution in [0, 0.1) is 11.6 Å². The van der Waals surface area contributed by atoms with Crippen molar-refractivity contribution in [1.82, 2.24) is 4.57 Å². The van der Waals surface area contributed by atoms with Gasteiger partial charge in [-0.25, -0.2) is 17.6 Å². The molecule has 1 N–H and O–H groups in total. The van der Waals surface area contributed by atoms with E-state index >= 15 is 0 Å². The average molecular weight is 407 g/mol. The largest absolute Gasteiger partial charge is 0.418 e. The van der Waals surface area contributed by atoms with Crippen molar-refractivity contribution >= 4 is 0 Å². The van der Waals surface area contributed by atoms with Gasteiger partial charge in [0.1, 0.15) is 17.7 Å². The van der Waals surface area contributed by atoms with Crippen LogP contribution in [-0.4, -0.2) is 15.6 Å². The minimum absolute atomic E-state index is 0.0750. The molecule has 0 saturated carbocycles. The zero-order valence-electron chi connectivity index (χ0n) is 14.5. The molecule has 0 saturated heterocycles. The minimum atomic E-state index is -4.96. The van der Waals surface area contributed by atoms with E-state index in [1.165, 1.54) is 0 Å². The predicted octanol–water partition coefficient (Wildman–Crippen LogP) is 5.33. The summed E-state index contributed by atoms with van der Waals surface area (Å²) in [6, 6.07) is 0.933. The van der Waals surface area contributed by atoms with Gasteiger partial charge in [0.2, 0.25) is 0 Å². The van der Waals surface area contributed by atoms with Crippen molar-refractivity contribution in [2.75, 3.05) is 0 Å². The summed E-state index contributed by atoms with van der Waals surface area (Å²) in [5.74, 6) is -5.34. The van der Waals surface area contributed by atoms with Gasteiger partial charge in [-0.2, -0.15) is 13.2 Å². The molecule has 0 fully saturated rings. The number of rotatable bonds is 1. The monoisotopic (exact) mass is 407 g/mol. The molecule has 1 heterocycles. The third-order valence-corrected chi connectivity index (χ3v) is 5.63. The van der Waals surface area contributed by atoms with Crippen LogP contribution in [0.2, 0.25) is 0 Å². The van der Waals surface area contributed by atoms with E-state index in [4.69, 9.17) is 0 Å². The number of nitrogens with zero attached hydrogens (tertiary/aromatic N) is 1. The maximum atomic E-state index is 14.5. The molecule has 1 aromatic heterocycles. The number of benzene rings is 1. The molecule has 1 unspecified atom stereocenters. The zero-order chi connectivity index (χ0) is 20.4. The van der Waals surface area contributed by atoms with E-state index in [9.17, 15) is 35.8 Å². The van der Waals surface area contributed by atoms with Crippen LogP contribution >= 0.6 is 0 Å². The number of hydrogen-bond donors (Lipinski definition) is 1. The van der Waals surface area contributed by atoms with E-state index in [1.54, 1.807) is 0 Å². The first kappa shape index (κ1) is 19.3. The van der Waals surface area contributed by atoms with Gasteiger partial charge >= 0.3 is 6.18 Å². The number of aromatic nitrogens is 1. The standard InChI is InChI=1S/C19H16F7NO/c20-10-6-9-2-1-3-13(15(9)12(21)7-10)27-8-11(19(24,25)26)16-14(27)4-5-18(22,23)17(16)28/h6-8,13,17,28H,1-5H2/t13-,17?/m0/s1. The zero-order valence-corrected chi connectivity index (χ0v) is 14.5. The van der Waals surface area contributed by atoms with Gasteiger partial charge in [0.25, 0.3) is 5.92 Å². The summed E-state index contributed by atoms with van der Waals surface area (Å²) >= 11 is 0. The highest BCUT2D eigenvalue weighted by Crippen LogP contribution is 2.49. The van der Waals surface area contributed by atoms with Crippen molar-refractivity contribution in [3.8, 4) is 0 Å². The topological polar surface area (TPSA) is 25.2 Å². The molecule has 2 nitrogen and oxygen atoms in total. The first-order chi connectivity index (χ1) is 13.0. The predicted molar refractivity (Wildman–Crippen MR) is 85.1 cm³/mol. The van der Waals surface area contributed by atoms with Gasteiger partial charge < -0.3 is 9.67 Å². The molecular formula is C19H16F7NO. The lowest BCUT2D eigenvalue weighted by molar-refractivity contribution is -0.147. The lowest BCUT2D eigenvalue weighted by Crippen LogP contribution is -2.34. The Balaban J connectivity index is 1.93. The van der Waals surface area contributed by atoms with Crippen LogP contribution in [0.1, 0.15) is 59.4 Å². The van der Waals surface area contributed by atoms with E-state index in [2.05, 4.69) is 0 Å². The van der Waals surface area contributed by atoms with Gasteiger partial charge in [0, 0.05) is 35.5 Å². The van der Waals surface area contributed by atoms with E-state index in [1.807, 2.05) is 0 Å². The maximum absolute atomic E-state index is 14.5. The third-order valence-electron chi connectivity index (χ3n) is 5.63. The van der Waals surface area contributed by atoms with Gasteiger partial charge in [0.15, 0.2) is 0 Å². The SMILES string of the molecule is OC1c2c(C(F)(F)F)cn([C@H]3CCCc4cc(F)cc(F)c43)c2CCC1(F)F. The smallest absolute Gasteiger partial charge is 0.382 e. The van der Waals surface area contributed by atoms with Crippen LogP contribution < -0.4 is 0 Å². The molecular weight excluding hydrogens is 391 g/mol. The second kappa shape index (κ2) is 6.23. The summed E-state index contributed by atoms with van der Waals surface area (Å²) in [7, 11) is 0. The molecule has 2 atom stereocenters. The van der Waals surface area contributed by atoms with E-state index in [-0.39, 0.29) is 24.1 Å². The maximum Gasteiger partial charge on any atom is 0.418 e. The van der Waals surface area contributed by atoms with Gasteiger partial charge in [0.05, 0.1) is 11.6 Å². The Morgan fingerprint density at radius 1 is 1.07 bits per heavy atom. The highest BCUT2D eigenvalue weighted by molar-refractivity contribution is 5.43. The Morgan fingerprint density at radius 2 is 1.79 bits per heavy atom. The quantitative estimate of drug-likeness (QED) is 0.636. The van der Waals surface area contributed by atoms with Gasteiger partial charge in [-0.3, -0.25) is 0 Å². The van der Waals surface area contributed by atoms with E-state index in [0.29, 0.717) is 30.7 Å². The molecule has 0 aliphatic heterocycles. The van der Waals surface area contributed by atoms with Crippen molar-refractivity contribution in [2.24, 2.45) is 0 Å². The molecule has 28 heavy (non-hydrogen) atoms. The molecule has 0 radical (unpaired) electrons. The molecule has 4 rings (SSSR count). The lowest BCUT2D eigenvalue weighted by Gasteiger charge is -2.33. The Kier molecular flexibility index (Phi) is 4.30. The second-order valence-electron chi connectivity index (χ2n) is 7.34. The van der Waals surface area contributed by atoms with E-state index < -0.39 is 53.4 Å². The second-order valence-corrected chi connectivity index (χ2v) is 7.34. The summed E-state index contributed by atoms with van der Waals surface area (Å²) in [6.07, 6.45) is -6.93. The number of halogens is 7. The van der Waals surface area contributed by atoms with Gasteiger partial charge in [-0.15, -0.1) is 0 Å². The van der Waals surface area contributed by atoms with Crippen LogP contribution in [0.15, 0.2) is 18.3 Å². The molecule has 152 valence electrons. The molecule has 2 aliphatic rings. The molecule has 1 aromatic carbocycles. The Hall–Kier alpha value is -2.03. The number of hydrogen-bond acceptors (Lipinski definition) is 1. The number of aryl methyl sites for hydroxylation is 1. The van der Waals surface area contributed by atoms with Crippen molar-refractivity contribution in [1.29, 1.82) is 0 Å². The first-order valence-corrected chi connectivity index (χ1v) is 8.85. The molecule has 0 amide bonds. The van der Waals surface area contributed by atoms with Crippen LogP contribution in [0.5, 0.6) is 0 Å². The summed E-state index contributed by atoms with van der Waals surface area (Å²) in [4.78, 5) is 0. The lowest BCUT2D eigenvalue weighted by atomic mass is 9.85. The highest BCUT2D eigenvalue weighted by atomic mass is 19.4.